The van der Waals surface area contributed by atoms with E-state index in [0.29, 0.717) is 12.0 Å². The summed E-state index contributed by atoms with van der Waals surface area (Å²) in [6.07, 6.45) is 1.97. The third-order valence-corrected chi connectivity index (χ3v) is 3.77. The predicted octanol–water partition coefficient (Wildman–Crippen LogP) is 3.37. The number of benzene rings is 1. The fraction of sp³-hybridized carbons (Fsp3) is 0.562. The molecule has 0 saturated heterocycles. The number of carboxylic acid groups (broad SMARTS) is 1. The van der Waals surface area contributed by atoms with Crippen LogP contribution in [0.4, 0.5) is 0 Å². The molecular weight excluding hydrogens is 238 g/mol. The molecule has 0 spiro atoms. The summed E-state index contributed by atoms with van der Waals surface area (Å²) in [5.41, 5.74) is 1.32. The minimum Gasteiger partial charge on any atom is -0.480 e. The van der Waals surface area contributed by atoms with E-state index in [4.69, 9.17) is 5.11 Å². The van der Waals surface area contributed by atoms with Gasteiger partial charge in [-0.15, -0.1) is 0 Å². The van der Waals surface area contributed by atoms with Gasteiger partial charge in [-0.1, -0.05) is 44.2 Å². The van der Waals surface area contributed by atoms with Crippen LogP contribution in [-0.4, -0.2) is 35.1 Å². The number of rotatable bonds is 8. The van der Waals surface area contributed by atoms with Crippen molar-refractivity contribution in [2.24, 2.45) is 0 Å². The molecule has 1 aromatic rings. The van der Waals surface area contributed by atoms with Gasteiger partial charge in [0.2, 0.25) is 0 Å². The summed E-state index contributed by atoms with van der Waals surface area (Å²) in [7, 11) is 0. The van der Waals surface area contributed by atoms with Gasteiger partial charge in [-0.05, 0) is 37.8 Å². The zero-order chi connectivity index (χ0) is 14.3. The molecule has 1 N–H and O–H groups in total. The summed E-state index contributed by atoms with van der Waals surface area (Å²) in [5, 5.41) is 8.97. The van der Waals surface area contributed by atoms with E-state index in [1.807, 2.05) is 6.07 Å². The molecule has 0 saturated carbocycles. The topological polar surface area (TPSA) is 40.5 Å². The van der Waals surface area contributed by atoms with Crippen LogP contribution < -0.4 is 0 Å². The van der Waals surface area contributed by atoms with Crippen molar-refractivity contribution in [3.63, 3.8) is 0 Å². The van der Waals surface area contributed by atoms with E-state index < -0.39 is 5.97 Å². The molecule has 0 radical (unpaired) electrons. The van der Waals surface area contributed by atoms with Crippen LogP contribution in [0.5, 0.6) is 0 Å². The Balaban J connectivity index is 2.53. The van der Waals surface area contributed by atoms with Crippen molar-refractivity contribution >= 4 is 5.97 Å². The summed E-state index contributed by atoms with van der Waals surface area (Å²) >= 11 is 0. The van der Waals surface area contributed by atoms with Gasteiger partial charge in [0.15, 0.2) is 0 Å². The van der Waals surface area contributed by atoms with Crippen LogP contribution >= 0.6 is 0 Å². The average Bonchev–Trinajstić information content (AvgIpc) is 2.42. The molecule has 2 atom stereocenters. The van der Waals surface area contributed by atoms with Gasteiger partial charge in [0, 0.05) is 6.04 Å². The van der Waals surface area contributed by atoms with Crippen molar-refractivity contribution in [1.82, 2.24) is 4.90 Å². The van der Waals surface area contributed by atoms with Crippen LogP contribution in [0.15, 0.2) is 30.3 Å². The summed E-state index contributed by atoms with van der Waals surface area (Å²) in [4.78, 5) is 13.0. The second kappa shape index (κ2) is 7.95. The Morgan fingerprint density at radius 2 is 1.89 bits per heavy atom. The normalized spacial score (nSPS) is 14.3. The zero-order valence-electron chi connectivity index (χ0n) is 12.2. The van der Waals surface area contributed by atoms with Crippen molar-refractivity contribution in [2.75, 3.05) is 13.1 Å². The lowest BCUT2D eigenvalue weighted by Gasteiger charge is -2.27. The zero-order valence-corrected chi connectivity index (χ0v) is 12.2. The van der Waals surface area contributed by atoms with Gasteiger partial charge in [-0.25, -0.2) is 0 Å². The van der Waals surface area contributed by atoms with E-state index in [1.165, 1.54) is 5.56 Å². The van der Waals surface area contributed by atoms with E-state index in [9.17, 15) is 4.79 Å². The van der Waals surface area contributed by atoms with Gasteiger partial charge in [-0.3, -0.25) is 9.69 Å². The lowest BCUT2D eigenvalue weighted by atomic mass is 9.97. The third kappa shape index (κ3) is 5.43. The van der Waals surface area contributed by atoms with Gasteiger partial charge in [-0.2, -0.15) is 0 Å². The first-order valence-electron chi connectivity index (χ1n) is 7.05. The molecule has 1 rings (SSSR count). The van der Waals surface area contributed by atoms with Gasteiger partial charge < -0.3 is 5.11 Å². The quantitative estimate of drug-likeness (QED) is 0.781. The lowest BCUT2D eigenvalue weighted by molar-refractivity contribution is -0.138. The van der Waals surface area contributed by atoms with Gasteiger partial charge in [0.25, 0.3) is 0 Å². The Labute approximate surface area is 116 Å². The van der Waals surface area contributed by atoms with Gasteiger partial charge in [0.1, 0.15) is 0 Å². The van der Waals surface area contributed by atoms with E-state index in [1.54, 1.807) is 0 Å². The first-order valence-corrected chi connectivity index (χ1v) is 7.05. The Bertz CT molecular complexity index is 378. The summed E-state index contributed by atoms with van der Waals surface area (Å²) in [6.45, 7) is 7.36. The summed E-state index contributed by atoms with van der Waals surface area (Å²) < 4.78 is 0. The highest BCUT2D eigenvalue weighted by Gasteiger charge is 2.16. The minimum absolute atomic E-state index is 0.135. The smallest absolute Gasteiger partial charge is 0.317 e. The van der Waals surface area contributed by atoms with Crippen molar-refractivity contribution in [1.29, 1.82) is 0 Å². The van der Waals surface area contributed by atoms with Crippen molar-refractivity contribution in [3.05, 3.63) is 35.9 Å². The third-order valence-electron chi connectivity index (χ3n) is 3.77. The standard InChI is InChI=1S/C16H25NO2/c1-4-14(3)17(12-16(18)19)11-10-13(2)15-8-6-5-7-9-15/h5-9,13-14H,4,10-12H2,1-3H3,(H,18,19). The van der Waals surface area contributed by atoms with Crippen LogP contribution in [0.2, 0.25) is 0 Å². The average molecular weight is 263 g/mol. The highest BCUT2D eigenvalue weighted by molar-refractivity contribution is 5.69. The second-order valence-corrected chi connectivity index (χ2v) is 5.22. The Hall–Kier alpha value is -1.35. The number of nitrogens with zero attached hydrogens (tertiary/aromatic N) is 1. The molecule has 3 heteroatoms. The van der Waals surface area contributed by atoms with Crippen LogP contribution in [0.1, 0.15) is 45.1 Å². The maximum absolute atomic E-state index is 10.9. The summed E-state index contributed by atoms with van der Waals surface area (Å²) in [6, 6.07) is 10.7. The molecule has 106 valence electrons. The minimum atomic E-state index is -0.743. The fourth-order valence-corrected chi connectivity index (χ4v) is 2.19. The molecule has 2 unspecified atom stereocenters. The molecule has 3 nitrogen and oxygen atoms in total. The highest BCUT2D eigenvalue weighted by Crippen LogP contribution is 2.19. The first kappa shape index (κ1) is 15.7. The molecular formula is C16H25NO2. The number of hydrogen-bond acceptors (Lipinski definition) is 2. The molecule has 1 aromatic carbocycles. The molecule has 0 bridgehead atoms. The maximum Gasteiger partial charge on any atom is 0.317 e. The fourth-order valence-electron chi connectivity index (χ4n) is 2.19. The van der Waals surface area contributed by atoms with E-state index in [-0.39, 0.29) is 6.54 Å². The van der Waals surface area contributed by atoms with Crippen molar-refractivity contribution < 1.29 is 9.90 Å². The molecule has 0 heterocycles. The second-order valence-electron chi connectivity index (χ2n) is 5.22. The first-order chi connectivity index (χ1) is 9.04. The van der Waals surface area contributed by atoms with E-state index in [0.717, 1.165) is 19.4 Å². The SMILES string of the molecule is CCC(C)N(CCC(C)c1ccccc1)CC(=O)O. The van der Waals surface area contributed by atoms with Crippen LogP contribution in [-0.2, 0) is 4.79 Å². The van der Waals surface area contributed by atoms with Crippen LogP contribution in [0.25, 0.3) is 0 Å². The van der Waals surface area contributed by atoms with E-state index in [2.05, 4.69) is 49.9 Å². The van der Waals surface area contributed by atoms with Gasteiger partial charge in [0.05, 0.1) is 6.54 Å². The van der Waals surface area contributed by atoms with Gasteiger partial charge >= 0.3 is 5.97 Å². The number of hydrogen-bond donors (Lipinski definition) is 1. The lowest BCUT2D eigenvalue weighted by Crippen LogP contribution is -2.38. The number of carbonyl (C=O) groups is 1. The van der Waals surface area contributed by atoms with Crippen LogP contribution in [0, 0.1) is 0 Å². The Kier molecular flexibility index (Phi) is 6.57. The Morgan fingerprint density at radius 1 is 1.26 bits per heavy atom. The molecule has 19 heavy (non-hydrogen) atoms. The highest BCUT2D eigenvalue weighted by atomic mass is 16.4. The molecule has 0 aliphatic heterocycles. The summed E-state index contributed by atoms with van der Waals surface area (Å²) in [5.74, 6) is -0.283. The van der Waals surface area contributed by atoms with Crippen molar-refractivity contribution in [2.45, 2.75) is 45.6 Å². The molecule has 0 aliphatic carbocycles. The molecule has 0 amide bonds. The number of carboxylic acids is 1. The molecule has 0 fully saturated rings. The Morgan fingerprint density at radius 3 is 2.42 bits per heavy atom. The van der Waals surface area contributed by atoms with Crippen molar-refractivity contribution in [3.8, 4) is 0 Å². The maximum atomic E-state index is 10.9. The molecule has 0 aliphatic rings. The van der Waals surface area contributed by atoms with E-state index >= 15 is 0 Å². The predicted molar refractivity (Wildman–Crippen MR) is 78.4 cm³/mol. The largest absolute Gasteiger partial charge is 0.480 e. The monoisotopic (exact) mass is 263 g/mol. The van der Waals surface area contributed by atoms with Crippen LogP contribution in [0.3, 0.4) is 0 Å². The molecule has 0 aromatic heterocycles. The number of aliphatic carboxylic acids is 1.